The van der Waals surface area contributed by atoms with Crippen molar-refractivity contribution in [1.29, 1.82) is 0 Å². The summed E-state index contributed by atoms with van der Waals surface area (Å²) in [6.07, 6.45) is 1.81. The van der Waals surface area contributed by atoms with Crippen molar-refractivity contribution in [1.82, 2.24) is 10.2 Å². The van der Waals surface area contributed by atoms with Gasteiger partial charge in [-0.25, -0.2) is 8.42 Å². The van der Waals surface area contributed by atoms with Crippen molar-refractivity contribution in [3.63, 3.8) is 0 Å². The lowest BCUT2D eigenvalue weighted by Gasteiger charge is -2.37. The van der Waals surface area contributed by atoms with Gasteiger partial charge in [-0.3, -0.25) is 0 Å². The molecule has 124 valence electrons. The van der Waals surface area contributed by atoms with Gasteiger partial charge in [0.05, 0.1) is 18.1 Å². The van der Waals surface area contributed by atoms with Crippen molar-refractivity contribution in [3.05, 3.63) is 0 Å². The second-order valence-electron chi connectivity index (χ2n) is 7.88. The molecule has 2 aliphatic rings. The van der Waals surface area contributed by atoms with E-state index in [-0.39, 0.29) is 17.0 Å². The molecule has 0 aromatic rings. The van der Waals surface area contributed by atoms with Gasteiger partial charge in [-0.15, -0.1) is 0 Å². The molecule has 2 aliphatic heterocycles. The van der Waals surface area contributed by atoms with Crippen LogP contribution in [0.15, 0.2) is 0 Å². The smallest absolute Gasteiger partial charge is 0.151 e. The number of ether oxygens (including phenoxy) is 1. The minimum absolute atomic E-state index is 0.0882. The van der Waals surface area contributed by atoms with Crippen LogP contribution in [0.25, 0.3) is 0 Å². The first-order chi connectivity index (χ1) is 9.61. The minimum Gasteiger partial charge on any atom is -0.381 e. The average Bonchev–Trinajstić information content (AvgIpc) is 2.93. The first-order valence-electron chi connectivity index (χ1n) is 7.84. The molecule has 2 heterocycles. The Morgan fingerprint density at radius 1 is 1.38 bits per heavy atom. The molecule has 5 nitrogen and oxygen atoms in total. The van der Waals surface area contributed by atoms with Gasteiger partial charge in [0, 0.05) is 36.7 Å². The topological polar surface area (TPSA) is 58.6 Å². The standard InChI is InChI=1S/C15H30N2O3S/c1-14(2,3)16-10-15(6-7-20-12-15)11-17(4)13-5-8-21(18,19)9-13/h13,16H,5-12H2,1-4H3. The summed E-state index contributed by atoms with van der Waals surface area (Å²) in [6, 6.07) is 0.169. The lowest BCUT2D eigenvalue weighted by molar-refractivity contribution is 0.0999. The Kier molecular flexibility index (Phi) is 5.03. The summed E-state index contributed by atoms with van der Waals surface area (Å²) in [7, 11) is -0.760. The second-order valence-corrected chi connectivity index (χ2v) is 10.1. The van der Waals surface area contributed by atoms with E-state index < -0.39 is 9.84 Å². The van der Waals surface area contributed by atoms with Gasteiger partial charge in [-0.1, -0.05) is 0 Å². The van der Waals surface area contributed by atoms with Gasteiger partial charge in [0.15, 0.2) is 9.84 Å². The van der Waals surface area contributed by atoms with E-state index in [1.54, 1.807) is 0 Å². The zero-order chi connectivity index (χ0) is 15.7. The number of hydrogen-bond acceptors (Lipinski definition) is 5. The minimum atomic E-state index is -2.82. The van der Waals surface area contributed by atoms with Crippen LogP contribution in [-0.2, 0) is 14.6 Å². The van der Waals surface area contributed by atoms with Crippen LogP contribution in [0.1, 0.15) is 33.6 Å². The molecule has 0 aromatic carbocycles. The lowest BCUT2D eigenvalue weighted by Crippen LogP contribution is -2.50. The SMILES string of the molecule is CN(CC1(CNC(C)(C)C)CCOC1)C1CCS(=O)(=O)C1. The lowest BCUT2D eigenvalue weighted by atomic mass is 9.85. The fourth-order valence-corrected chi connectivity index (χ4v) is 5.01. The summed E-state index contributed by atoms with van der Waals surface area (Å²) in [6.45, 7) is 9.90. The first kappa shape index (κ1) is 17.2. The predicted molar refractivity (Wildman–Crippen MR) is 85.3 cm³/mol. The Hall–Kier alpha value is -0.170. The van der Waals surface area contributed by atoms with Crippen LogP contribution in [0.2, 0.25) is 0 Å². The van der Waals surface area contributed by atoms with Crippen LogP contribution >= 0.6 is 0 Å². The molecule has 2 atom stereocenters. The molecule has 2 fully saturated rings. The first-order valence-corrected chi connectivity index (χ1v) is 9.67. The van der Waals surface area contributed by atoms with Crippen LogP contribution < -0.4 is 5.32 Å². The van der Waals surface area contributed by atoms with Gasteiger partial charge in [0.1, 0.15) is 0 Å². The summed E-state index contributed by atoms with van der Waals surface area (Å²) in [5.41, 5.74) is 0.194. The summed E-state index contributed by atoms with van der Waals surface area (Å²) in [5, 5.41) is 3.59. The highest BCUT2D eigenvalue weighted by Gasteiger charge is 2.39. The molecule has 0 bridgehead atoms. The number of nitrogens with one attached hydrogen (secondary N) is 1. The van der Waals surface area contributed by atoms with Crippen LogP contribution in [-0.4, -0.2) is 69.8 Å². The van der Waals surface area contributed by atoms with Crippen LogP contribution in [0, 0.1) is 5.41 Å². The highest BCUT2D eigenvalue weighted by Crippen LogP contribution is 2.31. The van der Waals surface area contributed by atoms with Gasteiger partial charge in [-0.05, 0) is 40.7 Å². The number of rotatable bonds is 5. The Morgan fingerprint density at radius 3 is 2.57 bits per heavy atom. The van der Waals surface area contributed by atoms with Crippen LogP contribution in [0.3, 0.4) is 0 Å². The quantitative estimate of drug-likeness (QED) is 0.816. The van der Waals surface area contributed by atoms with Crippen molar-refractivity contribution in [2.24, 2.45) is 5.41 Å². The summed E-state index contributed by atoms with van der Waals surface area (Å²) in [4.78, 5) is 2.24. The monoisotopic (exact) mass is 318 g/mol. The highest BCUT2D eigenvalue weighted by molar-refractivity contribution is 7.91. The van der Waals surface area contributed by atoms with Crippen molar-refractivity contribution in [2.75, 3.05) is 44.9 Å². The highest BCUT2D eigenvalue weighted by atomic mass is 32.2. The van der Waals surface area contributed by atoms with E-state index in [0.717, 1.165) is 39.1 Å². The van der Waals surface area contributed by atoms with E-state index in [1.165, 1.54) is 0 Å². The molecule has 2 rings (SSSR count). The zero-order valence-corrected chi connectivity index (χ0v) is 14.6. The molecule has 0 spiro atoms. The van der Waals surface area contributed by atoms with Gasteiger partial charge < -0.3 is 15.0 Å². The van der Waals surface area contributed by atoms with E-state index in [4.69, 9.17) is 4.74 Å². The number of hydrogen-bond donors (Lipinski definition) is 1. The Bertz CT molecular complexity index is 450. The third-order valence-corrected chi connectivity index (χ3v) is 6.35. The molecule has 0 saturated carbocycles. The normalized spacial score (nSPS) is 32.9. The fourth-order valence-electron chi connectivity index (χ4n) is 3.20. The van der Waals surface area contributed by atoms with E-state index >= 15 is 0 Å². The van der Waals surface area contributed by atoms with Crippen LogP contribution in [0.4, 0.5) is 0 Å². The second kappa shape index (κ2) is 6.14. The molecule has 0 amide bonds. The summed E-state index contributed by atoms with van der Waals surface area (Å²) < 4.78 is 29.0. The van der Waals surface area contributed by atoms with Gasteiger partial charge in [-0.2, -0.15) is 0 Å². The zero-order valence-electron chi connectivity index (χ0n) is 13.8. The molecular weight excluding hydrogens is 288 g/mol. The molecule has 1 N–H and O–H groups in total. The Morgan fingerprint density at radius 2 is 2.10 bits per heavy atom. The third kappa shape index (κ3) is 4.91. The van der Waals surface area contributed by atoms with Crippen LogP contribution in [0.5, 0.6) is 0 Å². The molecule has 2 saturated heterocycles. The van der Waals surface area contributed by atoms with Crippen molar-refractivity contribution in [3.8, 4) is 0 Å². The number of sulfone groups is 1. The maximum absolute atomic E-state index is 11.7. The molecule has 21 heavy (non-hydrogen) atoms. The van der Waals surface area contributed by atoms with Gasteiger partial charge in [0.2, 0.25) is 0 Å². The fraction of sp³-hybridized carbons (Fsp3) is 1.00. The molecule has 2 unspecified atom stereocenters. The largest absolute Gasteiger partial charge is 0.381 e. The van der Waals surface area contributed by atoms with Gasteiger partial charge in [0.25, 0.3) is 0 Å². The summed E-state index contributed by atoms with van der Waals surface area (Å²) in [5.74, 6) is 0.652. The molecule has 0 aliphatic carbocycles. The summed E-state index contributed by atoms with van der Waals surface area (Å²) >= 11 is 0. The van der Waals surface area contributed by atoms with E-state index in [1.807, 2.05) is 0 Å². The Labute approximate surface area is 129 Å². The van der Waals surface area contributed by atoms with Crippen molar-refractivity contribution < 1.29 is 13.2 Å². The van der Waals surface area contributed by atoms with Gasteiger partial charge >= 0.3 is 0 Å². The maximum Gasteiger partial charge on any atom is 0.151 e. The van der Waals surface area contributed by atoms with E-state index in [9.17, 15) is 8.42 Å². The Balaban J connectivity index is 1.96. The van der Waals surface area contributed by atoms with E-state index in [0.29, 0.717) is 11.5 Å². The third-order valence-electron chi connectivity index (χ3n) is 4.60. The predicted octanol–water partition coefficient (Wildman–Crippen LogP) is 0.900. The maximum atomic E-state index is 11.7. The average molecular weight is 318 g/mol. The number of nitrogens with zero attached hydrogens (tertiary/aromatic N) is 1. The van der Waals surface area contributed by atoms with Crippen molar-refractivity contribution in [2.45, 2.75) is 45.2 Å². The van der Waals surface area contributed by atoms with Crippen molar-refractivity contribution >= 4 is 9.84 Å². The molecular formula is C15H30N2O3S. The molecule has 6 heteroatoms. The molecule has 0 radical (unpaired) electrons. The molecule has 0 aromatic heterocycles. The van der Waals surface area contributed by atoms with E-state index in [2.05, 4.69) is 38.0 Å².